The minimum absolute atomic E-state index is 0.108. The molecule has 18 heavy (non-hydrogen) atoms. The van der Waals surface area contributed by atoms with Crippen molar-refractivity contribution in [1.82, 2.24) is 4.90 Å². The minimum atomic E-state index is -0.445. The number of hydrogen-bond acceptors (Lipinski definition) is 4. The summed E-state index contributed by atoms with van der Waals surface area (Å²) >= 11 is 3.39. The smallest absolute Gasteiger partial charge is 0.327 e. The van der Waals surface area contributed by atoms with E-state index in [2.05, 4.69) is 15.9 Å². The quantitative estimate of drug-likeness (QED) is 0.816. The maximum atomic E-state index is 11.9. The summed E-state index contributed by atoms with van der Waals surface area (Å²) in [6.45, 7) is 0.736. The molecule has 0 heterocycles. The minimum Gasteiger partial charge on any atom is -0.468 e. The van der Waals surface area contributed by atoms with Gasteiger partial charge in [-0.25, -0.2) is 4.79 Å². The topological polar surface area (TPSA) is 49.8 Å². The lowest BCUT2D eigenvalue weighted by atomic mass is 10.1. The second kappa shape index (κ2) is 7.51. The zero-order valence-electron chi connectivity index (χ0n) is 10.6. The van der Waals surface area contributed by atoms with Crippen LogP contribution in [0.4, 0.5) is 0 Å². The van der Waals surface area contributed by atoms with E-state index >= 15 is 0 Å². The van der Waals surface area contributed by atoms with E-state index in [1.165, 1.54) is 7.11 Å². The van der Waals surface area contributed by atoms with Crippen molar-refractivity contribution in [3.63, 3.8) is 0 Å². The number of methoxy groups -OCH3 is 1. The third-order valence-corrected chi connectivity index (χ3v) is 3.19. The van der Waals surface area contributed by atoms with Crippen LogP contribution in [0, 0.1) is 0 Å². The Balaban J connectivity index is 2.94. The van der Waals surface area contributed by atoms with Crippen molar-refractivity contribution in [3.8, 4) is 0 Å². The van der Waals surface area contributed by atoms with E-state index in [-0.39, 0.29) is 12.6 Å². The van der Waals surface area contributed by atoms with Crippen molar-refractivity contribution in [2.45, 2.75) is 12.5 Å². The second-order valence-electron chi connectivity index (χ2n) is 4.04. The lowest BCUT2D eigenvalue weighted by Crippen LogP contribution is -2.32. The molecule has 1 N–H and O–H groups in total. The zero-order chi connectivity index (χ0) is 13.5. The van der Waals surface area contributed by atoms with Crippen LogP contribution in [0.25, 0.3) is 0 Å². The number of aliphatic hydroxyl groups is 1. The molecular formula is C13H18BrNO3. The summed E-state index contributed by atoms with van der Waals surface area (Å²) in [5.74, 6) is -0.298. The Kier molecular flexibility index (Phi) is 6.32. The van der Waals surface area contributed by atoms with Gasteiger partial charge in [0, 0.05) is 17.6 Å². The fraction of sp³-hybridized carbons (Fsp3) is 0.462. The van der Waals surface area contributed by atoms with Crippen LogP contribution in [0.3, 0.4) is 0 Å². The van der Waals surface area contributed by atoms with E-state index in [0.717, 1.165) is 10.0 Å². The van der Waals surface area contributed by atoms with E-state index in [1.807, 2.05) is 36.2 Å². The number of ether oxygens (including phenoxy) is 1. The maximum Gasteiger partial charge on any atom is 0.327 e. The molecule has 4 nitrogen and oxygen atoms in total. The number of halogens is 1. The van der Waals surface area contributed by atoms with Crippen molar-refractivity contribution in [2.75, 3.05) is 27.3 Å². The number of hydrogen-bond donors (Lipinski definition) is 1. The summed E-state index contributed by atoms with van der Waals surface area (Å²) in [7, 11) is 3.23. The molecule has 100 valence electrons. The number of nitrogens with zero attached hydrogens (tertiary/aromatic N) is 1. The molecule has 1 atom stereocenters. The van der Waals surface area contributed by atoms with Crippen LogP contribution in [-0.4, -0.2) is 43.3 Å². The van der Waals surface area contributed by atoms with Gasteiger partial charge in [0.2, 0.25) is 0 Å². The third-order valence-electron chi connectivity index (χ3n) is 2.70. The van der Waals surface area contributed by atoms with Gasteiger partial charge in [-0.05, 0) is 31.2 Å². The van der Waals surface area contributed by atoms with Gasteiger partial charge in [-0.2, -0.15) is 0 Å². The first-order chi connectivity index (χ1) is 8.60. The Hall–Kier alpha value is -0.910. The number of aliphatic hydroxyl groups excluding tert-OH is 1. The average Bonchev–Trinajstić information content (AvgIpc) is 2.36. The molecule has 0 saturated heterocycles. The van der Waals surface area contributed by atoms with Gasteiger partial charge in [0.05, 0.1) is 7.11 Å². The molecular weight excluding hydrogens is 298 g/mol. The van der Waals surface area contributed by atoms with Crippen molar-refractivity contribution in [3.05, 3.63) is 34.3 Å². The number of benzene rings is 1. The van der Waals surface area contributed by atoms with Crippen LogP contribution >= 0.6 is 15.9 Å². The predicted molar refractivity (Wildman–Crippen MR) is 73.2 cm³/mol. The Morgan fingerprint density at radius 1 is 1.56 bits per heavy atom. The molecule has 0 spiro atoms. The summed E-state index contributed by atoms with van der Waals surface area (Å²) in [6.07, 6.45) is 0.623. The number of likely N-dealkylation sites (N-methyl/N-ethyl adjacent to an activating group) is 1. The number of rotatable bonds is 6. The van der Waals surface area contributed by atoms with Crippen LogP contribution in [0.5, 0.6) is 0 Å². The fourth-order valence-corrected chi connectivity index (χ4v) is 2.22. The van der Waals surface area contributed by atoms with Gasteiger partial charge in [-0.15, -0.1) is 0 Å². The summed E-state index contributed by atoms with van der Waals surface area (Å²) in [6, 6.07) is 7.14. The van der Waals surface area contributed by atoms with Gasteiger partial charge in [-0.1, -0.05) is 28.1 Å². The maximum absolute atomic E-state index is 11.9. The monoisotopic (exact) mass is 315 g/mol. The van der Waals surface area contributed by atoms with E-state index in [0.29, 0.717) is 13.0 Å². The predicted octanol–water partition coefficient (Wildman–Crippen LogP) is 1.98. The van der Waals surface area contributed by atoms with Gasteiger partial charge in [0.15, 0.2) is 0 Å². The summed E-state index contributed by atoms with van der Waals surface area (Å²) < 4.78 is 5.77. The Morgan fingerprint density at radius 2 is 2.28 bits per heavy atom. The van der Waals surface area contributed by atoms with E-state index < -0.39 is 6.04 Å². The molecule has 1 aromatic rings. The summed E-state index contributed by atoms with van der Waals surface area (Å²) in [5.41, 5.74) is 0.872. The third kappa shape index (κ3) is 4.08. The van der Waals surface area contributed by atoms with Gasteiger partial charge >= 0.3 is 5.97 Å². The first kappa shape index (κ1) is 15.1. The van der Waals surface area contributed by atoms with Crippen LogP contribution in [0.1, 0.15) is 18.0 Å². The number of carbonyl (C=O) groups is 1. The van der Waals surface area contributed by atoms with E-state index in [4.69, 9.17) is 9.84 Å². The molecule has 0 fully saturated rings. The van der Waals surface area contributed by atoms with Gasteiger partial charge < -0.3 is 9.84 Å². The molecule has 1 unspecified atom stereocenters. The molecule has 0 aliphatic carbocycles. The van der Waals surface area contributed by atoms with Crippen molar-refractivity contribution < 1.29 is 14.6 Å². The summed E-state index contributed by atoms with van der Waals surface area (Å²) in [5, 5.41) is 8.86. The molecule has 0 aliphatic rings. The molecule has 1 aromatic carbocycles. The first-order valence-corrected chi connectivity index (χ1v) is 6.54. The van der Waals surface area contributed by atoms with Crippen LogP contribution in [0.15, 0.2) is 28.7 Å². The van der Waals surface area contributed by atoms with Crippen molar-refractivity contribution in [2.24, 2.45) is 0 Å². The highest BCUT2D eigenvalue weighted by Gasteiger charge is 2.25. The number of carbonyl (C=O) groups excluding carboxylic acids is 1. The summed E-state index contributed by atoms with van der Waals surface area (Å²) in [4.78, 5) is 13.8. The first-order valence-electron chi connectivity index (χ1n) is 5.74. The molecule has 1 rings (SSSR count). The van der Waals surface area contributed by atoms with Crippen molar-refractivity contribution in [1.29, 1.82) is 0 Å². The molecule has 0 radical (unpaired) electrons. The molecule has 0 aliphatic heterocycles. The largest absolute Gasteiger partial charge is 0.468 e. The SMILES string of the molecule is COC(=O)C(c1cccc(Br)c1)N(C)CCCO. The number of esters is 1. The molecule has 0 saturated carbocycles. The van der Waals surface area contributed by atoms with Crippen LogP contribution < -0.4 is 0 Å². The van der Waals surface area contributed by atoms with E-state index in [9.17, 15) is 4.79 Å². The van der Waals surface area contributed by atoms with E-state index in [1.54, 1.807) is 0 Å². The fourth-order valence-electron chi connectivity index (χ4n) is 1.81. The lowest BCUT2D eigenvalue weighted by Gasteiger charge is -2.26. The normalized spacial score (nSPS) is 12.5. The highest BCUT2D eigenvalue weighted by molar-refractivity contribution is 9.10. The molecule has 5 heteroatoms. The zero-order valence-corrected chi connectivity index (χ0v) is 12.2. The molecule has 0 amide bonds. The highest BCUT2D eigenvalue weighted by Crippen LogP contribution is 2.24. The van der Waals surface area contributed by atoms with Gasteiger partial charge in [-0.3, -0.25) is 4.90 Å². The second-order valence-corrected chi connectivity index (χ2v) is 4.95. The highest BCUT2D eigenvalue weighted by atomic mass is 79.9. The molecule has 0 aromatic heterocycles. The Bertz CT molecular complexity index is 398. The average molecular weight is 316 g/mol. The molecule has 0 bridgehead atoms. The van der Waals surface area contributed by atoms with Crippen molar-refractivity contribution >= 4 is 21.9 Å². The Labute approximate surface area is 116 Å². The Morgan fingerprint density at radius 3 is 2.83 bits per heavy atom. The van der Waals surface area contributed by atoms with Gasteiger partial charge in [0.1, 0.15) is 6.04 Å². The standard InChI is InChI=1S/C13H18BrNO3/c1-15(7-4-8-16)12(13(17)18-2)10-5-3-6-11(14)9-10/h3,5-6,9,12,16H,4,7-8H2,1-2H3. The lowest BCUT2D eigenvalue weighted by molar-refractivity contribution is -0.146. The van der Waals surface area contributed by atoms with Crippen LogP contribution in [-0.2, 0) is 9.53 Å². The van der Waals surface area contributed by atoms with Gasteiger partial charge in [0.25, 0.3) is 0 Å². The van der Waals surface area contributed by atoms with Crippen LogP contribution in [0.2, 0.25) is 0 Å².